The molecule has 0 spiro atoms. The second-order valence-electron chi connectivity index (χ2n) is 4.47. The molecular weight excluding hydrogens is 274 g/mol. The molecule has 2 aromatic heterocycles. The minimum absolute atomic E-state index is 0.200. The van der Waals surface area contributed by atoms with Gasteiger partial charge in [-0.2, -0.15) is 16.4 Å². The van der Waals surface area contributed by atoms with Crippen LogP contribution in [-0.2, 0) is 13.0 Å². The van der Waals surface area contributed by atoms with Crippen molar-refractivity contribution in [3.8, 4) is 0 Å². The Morgan fingerprint density at radius 1 is 1.55 bits per heavy atom. The maximum atomic E-state index is 12.1. The van der Waals surface area contributed by atoms with Crippen LogP contribution in [0.2, 0.25) is 0 Å². The highest BCUT2D eigenvalue weighted by Gasteiger charge is 2.15. The van der Waals surface area contributed by atoms with Crippen LogP contribution in [0.25, 0.3) is 0 Å². The molecule has 6 heteroatoms. The lowest BCUT2D eigenvalue weighted by Crippen LogP contribution is -2.30. The van der Waals surface area contributed by atoms with Crippen molar-refractivity contribution in [2.75, 3.05) is 6.54 Å². The fourth-order valence-corrected chi connectivity index (χ4v) is 2.64. The van der Waals surface area contributed by atoms with Crippen molar-refractivity contribution in [2.45, 2.75) is 32.9 Å². The number of hydrogen-bond acceptors (Lipinski definition) is 4. The van der Waals surface area contributed by atoms with Crippen LogP contribution in [0.15, 0.2) is 22.9 Å². The number of aryl methyl sites for hydroxylation is 2. The highest BCUT2D eigenvalue weighted by atomic mass is 32.1. The smallest absolute Gasteiger partial charge is 0.269 e. The number of carbonyl (C=O) groups excluding carboxylic acids is 1. The van der Waals surface area contributed by atoms with Crippen LogP contribution in [0.3, 0.4) is 0 Å². The normalized spacial score (nSPS) is 12.3. The zero-order valence-corrected chi connectivity index (χ0v) is 12.5. The maximum absolute atomic E-state index is 12.1. The van der Waals surface area contributed by atoms with Gasteiger partial charge in [-0.1, -0.05) is 6.92 Å². The molecule has 0 bridgehead atoms. The quantitative estimate of drug-likeness (QED) is 0.856. The fourth-order valence-electron chi connectivity index (χ4n) is 1.93. The Kier molecular flexibility index (Phi) is 4.92. The zero-order valence-electron chi connectivity index (χ0n) is 11.7. The van der Waals surface area contributed by atoms with Crippen molar-refractivity contribution in [1.82, 2.24) is 15.1 Å². The first-order chi connectivity index (χ1) is 9.65. The molecule has 0 fully saturated rings. The van der Waals surface area contributed by atoms with Gasteiger partial charge in [-0.3, -0.25) is 9.48 Å². The minimum atomic E-state index is -0.672. The molecule has 1 atom stereocenters. The number of aliphatic hydroxyl groups excluding tert-OH is 1. The maximum Gasteiger partial charge on any atom is 0.269 e. The van der Waals surface area contributed by atoms with Crippen LogP contribution < -0.4 is 5.32 Å². The number of aromatic nitrogens is 2. The van der Waals surface area contributed by atoms with E-state index in [9.17, 15) is 9.90 Å². The predicted molar refractivity (Wildman–Crippen MR) is 78.9 cm³/mol. The number of nitrogens with one attached hydrogen (secondary N) is 1. The van der Waals surface area contributed by atoms with E-state index in [1.54, 1.807) is 10.7 Å². The summed E-state index contributed by atoms with van der Waals surface area (Å²) in [7, 11) is 0. The molecule has 0 aliphatic rings. The molecule has 0 aliphatic carbocycles. The van der Waals surface area contributed by atoms with E-state index in [4.69, 9.17) is 0 Å². The Balaban J connectivity index is 1.99. The van der Waals surface area contributed by atoms with Crippen molar-refractivity contribution >= 4 is 17.2 Å². The van der Waals surface area contributed by atoms with Gasteiger partial charge in [0.1, 0.15) is 5.69 Å². The van der Waals surface area contributed by atoms with Crippen molar-refractivity contribution in [3.63, 3.8) is 0 Å². The van der Waals surface area contributed by atoms with Crippen molar-refractivity contribution in [3.05, 3.63) is 39.8 Å². The van der Waals surface area contributed by atoms with E-state index in [0.717, 1.165) is 17.7 Å². The third kappa shape index (κ3) is 3.26. The van der Waals surface area contributed by atoms with Crippen LogP contribution in [0, 0.1) is 0 Å². The van der Waals surface area contributed by atoms with Gasteiger partial charge in [-0.05, 0) is 41.8 Å². The lowest BCUT2D eigenvalue weighted by atomic mass is 10.2. The second kappa shape index (κ2) is 6.67. The Bertz CT molecular complexity index is 563. The molecule has 2 heterocycles. The number of hydrogen-bond donors (Lipinski definition) is 2. The van der Waals surface area contributed by atoms with Gasteiger partial charge in [0.2, 0.25) is 0 Å². The first-order valence-electron chi connectivity index (χ1n) is 6.70. The monoisotopic (exact) mass is 293 g/mol. The summed E-state index contributed by atoms with van der Waals surface area (Å²) < 4.78 is 1.69. The molecule has 2 rings (SSSR count). The zero-order chi connectivity index (χ0) is 14.5. The molecule has 0 saturated heterocycles. The van der Waals surface area contributed by atoms with Crippen LogP contribution in [-0.4, -0.2) is 27.3 Å². The predicted octanol–water partition coefficient (Wildman–Crippen LogP) is 1.99. The minimum Gasteiger partial charge on any atom is -0.387 e. The molecule has 2 N–H and O–H groups in total. The second-order valence-corrected chi connectivity index (χ2v) is 5.25. The lowest BCUT2D eigenvalue weighted by molar-refractivity contribution is 0.0906. The van der Waals surface area contributed by atoms with Gasteiger partial charge in [0.15, 0.2) is 0 Å². The van der Waals surface area contributed by atoms with Crippen LogP contribution in [0.5, 0.6) is 0 Å². The van der Waals surface area contributed by atoms with Gasteiger partial charge in [0, 0.05) is 13.1 Å². The number of thiophene rings is 1. The van der Waals surface area contributed by atoms with E-state index in [1.165, 1.54) is 11.3 Å². The van der Waals surface area contributed by atoms with Gasteiger partial charge in [0.25, 0.3) is 5.91 Å². The molecule has 5 nitrogen and oxygen atoms in total. The van der Waals surface area contributed by atoms with Crippen LogP contribution in [0.1, 0.15) is 41.7 Å². The van der Waals surface area contributed by atoms with E-state index in [1.807, 2.05) is 30.7 Å². The summed E-state index contributed by atoms with van der Waals surface area (Å²) in [5.74, 6) is -0.201. The highest BCUT2D eigenvalue weighted by molar-refractivity contribution is 7.07. The molecule has 1 unspecified atom stereocenters. The number of amides is 1. The Hall–Kier alpha value is -1.66. The van der Waals surface area contributed by atoms with Crippen molar-refractivity contribution in [2.24, 2.45) is 0 Å². The van der Waals surface area contributed by atoms with E-state index >= 15 is 0 Å². The van der Waals surface area contributed by atoms with Gasteiger partial charge < -0.3 is 10.4 Å². The summed E-state index contributed by atoms with van der Waals surface area (Å²) in [5.41, 5.74) is 2.27. The van der Waals surface area contributed by atoms with E-state index < -0.39 is 6.10 Å². The summed E-state index contributed by atoms with van der Waals surface area (Å²) >= 11 is 1.52. The van der Waals surface area contributed by atoms with Gasteiger partial charge in [-0.15, -0.1) is 0 Å². The first kappa shape index (κ1) is 14.7. The van der Waals surface area contributed by atoms with Gasteiger partial charge >= 0.3 is 0 Å². The average molecular weight is 293 g/mol. The highest BCUT2D eigenvalue weighted by Crippen LogP contribution is 2.15. The number of nitrogens with zero attached hydrogens (tertiary/aromatic N) is 2. The summed E-state index contributed by atoms with van der Waals surface area (Å²) in [6.45, 7) is 4.80. The molecule has 0 aliphatic heterocycles. The molecule has 108 valence electrons. The molecule has 0 saturated carbocycles. The molecule has 2 aromatic rings. The summed E-state index contributed by atoms with van der Waals surface area (Å²) in [6, 6.07) is 3.66. The Morgan fingerprint density at radius 2 is 2.35 bits per heavy atom. The third-order valence-corrected chi connectivity index (χ3v) is 3.81. The number of rotatable bonds is 6. The van der Waals surface area contributed by atoms with Gasteiger partial charge in [-0.25, -0.2) is 0 Å². The van der Waals surface area contributed by atoms with Crippen molar-refractivity contribution < 1.29 is 9.90 Å². The number of carbonyl (C=O) groups is 1. The SMILES string of the molecule is CCc1cc(C(=O)NCC(O)c2ccsc2)n(CC)n1. The Labute approximate surface area is 122 Å². The topological polar surface area (TPSA) is 67.2 Å². The largest absolute Gasteiger partial charge is 0.387 e. The first-order valence-corrected chi connectivity index (χ1v) is 7.65. The molecule has 20 heavy (non-hydrogen) atoms. The lowest BCUT2D eigenvalue weighted by Gasteiger charge is -2.11. The van der Waals surface area contributed by atoms with Gasteiger partial charge in [0.05, 0.1) is 11.8 Å². The standard InChI is InChI=1S/C14H19N3O2S/c1-3-11-7-12(17(4-2)16-11)14(19)15-8-13(18)10-5-6-20-9-10/h5-7,9,13,18H,3-4,8H2,1-2H3,(H,15,19). The van der Waals surface area contributed by atoms with E-state index in [0.29, 0.717) is 12.2 Å². The van der Waals surface area contributed by atoms with E-state index in [2.05, 4.69) is 10.4 Å². The third-order valence-electron chi connectivity index (χ3n) is 3.11. The van der Waals surface area contributed by atoms with Crippen molar-refractivity contribution in [1.29, 1.82) is 0 Å². The fraction of sp³-hybridized carbons (Fsp3) is 0.429. The summed E-state index contributed by atoms with van der Waals surface area (Å²) in [6.07, 6.45) is 0.124. The number of aliphatic hydroxyl groups is 1. The Morgan fingerprint density at radius 3 is 2.95 bits per heavy atom. The molecular formula is C14H19N3O2S. The molecule has 1 amide bonds. The van der Waals surface area contributed by atoms with Crippen LogP contribution in [0.4, 0.5) is 0 Å². The summed E-state index contributed by atoms with van der Waals surface area (Å²) in [4.78, 5) is 12.1. The van der Waals surface area contributed by atoms with Crippen LogP contribution >= 0.6 is 11.3 Å². The molecule has 0 aromatic carbocycles. The average Bonchev–Trinajstić information content (AvgIpc) is 3.12. The molecule has 0 radical (unpaired) electrons. The summed E-state index contributed by atoms with van der Waals surface area (Å²) in [5, 5.41) is 20.8. The van der Waals surface area contributed by atoms with E-state index in [-0.39, 0.29) is 12.5 Å².